The Kier molecular flexibility index (Phi) is 2.68. The van der Waals surface area contributed by atoms with Crippen LogP contribution in [0.1, 0.15) is 26.6 Å². The molecule has 0 saturated carbocycles. The Bertz CT molecular complexity index is 375. The van der Waals surface area contributed by atoms with Gasteiger partial charge in [-0.1, -0.05) is 0 Å². The van der Waals surface area contributed by atoms with Crippen LogP contribution in [0.3, 0.4) is 0 Å². The average molecular weight is 244 g/mol. The third kappa shape index (κ3) is 2.12. The van der Waals surface area contributed by atoms with Crippen molar-refractivity contribution in [2.45, 2.75) is 38.4 Å². The summed E-state index contributed by atoms with van der Waals surface area (Å²) in [6.07, 6.45) is -5.72. The molecule has 0 spiro atoms. The number of alkyl halides is 5. The molecule has 0 saturated heterocycles. The molecule has 0 fully saturated rings. The van der Waals surface area contributed by atoms with Gasteiger partial charge in [-0.25, -0.2) is 0 Å². The van der Waals surface area contributed by atoms with Crippen molar-refractivity contribution in [1.82, 2.24) is 20.2 Å². The van der Waals surface area contributed by atoms with Gasteiger partial charge in [-0.3, -0.25) is 0 Å². The van der Waals surface area contributed by atoms with Gasteiger partial charge < -0.3 is 0 Å². The van der Waals surface area contributed by atoms with Gasteiger partial charge in [0.1, 0.15) is 0 Å². The first-order valence-corrected chi connectivity index (χ1v) is 4.22. The summed E-state index contributed by atoms with van der Waals surface area (Å²) in [4.78, 5) is 0.710. The van der Waals surface area contributed by atoms with Crippen molar-refractivity contribution in [1.29, 1.82) is 0 Å². The molecule has 1 aromatic heterocycles. The lowest BCUT2D eigenvalue weighted by atomic mass is 10.1. The van der Waals surface area contributed by atoms with Crippen LogP contribution >= 0.6 is 0 Å². The highest BCUT2D eigenvalue weighted by Crippen LogP contribution is 2.41. The molecule has 1 aromatic rings. The maximum Gasteiger partial charge on any atom is 0.461 e. The molecule has 4 nitrogen and oxygen atoms in total. The fourth-order valence-corrected chi connectivity index (χ4v) is 0.751. The van der Waals surface area contributed by atoms with Gasteiger partial charge in [0, 0.05) is 0 Å². The van der Waals surface area contributed by atoms with Crippen molar-refractivity contribution >= 4 is 0 Å². The predicted molar refractivity (Wildman–Crippen MR) is 42.8 cm³/mol. The van der Waals surface area contributed by atoms with Gasteiger partial charge in [-0.2, -0.15) is 26.7 Å². The molecular formula is C7H9F5N4. The van der Waals surface area contributed by atoms with Crippen molar-refractivity contribution in [3.05, 3.63) is 5.82 Å². The van der Waals surface area contributed by atoms with Crippen LogP contribution in [0.25, 0.3) is 0 Å². The van der Waals surface area contributed by atoms with Gasteiger partial charge >= 0.3 is 12.1 Å². The van der Waals surface area contributed by atoms with Gasteiger partial charge in [-0.05, 0) is 26.0 Å². The van der Waals surface area contributed by atoms with E-state index in [-0.39, 0.29) is 0 Å². The number of tetrazole rings is 1. The second-order valence-corrected chi connectivity index (χ2v) is 4.15. The summed E-state index contributed by atoms with van der Waals surface area (Å²) in [7, 11) is 0. The van der Waals surface area contributed by atoms with Gasteiger partial charge in [0.2, 0.25) is 0 Å². The van der Waals surface area contributed by atoms with E-state index in [0.29, 0.717) is 4.80 Å². The van der Waals surface area contributed by atoms with Gasteiger partial charge in [-0.15, -0.1) is 10.2 Å². The minimum Gasteiger partial charge on any atom is -0.187 e. The fraction of sp³-hybridized carbons (Fsp3) is 0.857. The highest BCUT2D eigenvalue weighted by atomic mass is 19.4. The molecule has 0 amide bonds. The molecule has 9 heteroatoms. The largest absolute Gasteiger partial charge is 0.461 e. The average Bonchev–Trinajstić information content (AvgIpc) is 2.47. The van der Waals surface area contributed by atoms with E-state index in [2.05, 4.69) is 15.4 Å². The number of rotatable bonds is 1. The zero-order valence-corrected chi connectivity index (χ0v) is 8.68. The van der Waals surface area contributed by atoms with E-state index in [1.54, 1.807) is 20.8 Å². The summed E-state index contributed by atoms with van der Waals surface area (Å²) >= 11 is 0. The van der Waals surface area contributed by atoms with Crippen molar-refractivity contribution in [2.24, 2.45) is 0 Å². The molecule has 92 valence electrons. The van der Waals surface area contributed by atoms with E-state index in [9.17, 15) is 22.0 Å². The fourth-order valence-electron chi connectivity index (χ4n) is 0.751. The number of aromatic nitrogens is 4. The summed E-state index contributed by atoms with van der Waals surface area (Å²) in [5.74, 6) is -6.73. The summed E-state index contributed by atoms with van der Waals surface area (Å²) in [6.45, 7) is 4.64. The Morgan fingerprint density at radius 1 is 1.00 bits per heavy atom. The molecule has 0 atom stereocenters. The molecule has 0 aliphatic heterocycles. The first-order chi connectivity index (χ1) is 6.96. The van der Waals surface area contributed by atoms with Crippen molar-refractivity contribution in [3.63, 3.8) is 0 Å². The van der Waals surface area contributed by atoms with Gasteiger partial charge in [0.05, 0.1) is 5.54 Å². The Hall–Kier alpha value is -1.28. The van der Waals surface area contributed by atoms with Crippen LogP contribution in [0.2, 0.25) is 0 Å². The minimum atomic E-state index is -5.72. The lowest BCUT2D eigenvalue weighted by Crippen LogP contribution is -2.35. The van der Waals surface area contributed by atoms with Gasteiger partial charge in [0.15, 0.2) is 0 Å². The minimum absolute atomic E-state index is 0.710. The smallest absolute Gasteiger partial charge is 0.187 e. The van der Waals surface area contributed by atoms with E-state index in [0.717, 1.165) is 0 Å². The summed E-state index contributed by atoms with van der Waals surface area (Å²) in [5, 5.41) is 8.94. The Labute approximate surface area is 87.4 Å². The molecule has 0 aliphatic carbocycles. The molecule has 0 aromatic carbocycles. The van der Waals surface area contributed by atoms with E-state index < -0.39 is 23.5 Å². The second kappa shape index (κ2) is 3.36. The van der Waals surface area contributed by atoms with Crippen LogP contribution in [-0.2, 0) is 11.5 Å². The van der Waals surface area contributed by atoms with E-state index in [1.165, 1.54) is 0 Å². The van der Waals surface area contributed by atoms with E-state index >= 15 is 0 Å². The lowest BCUT2D eigenvalue weighted by molar-refractivity contribution is -0.292. The zero-order chi connectivity index (χ0) is 12.8. The van der Waals surface area contributed by atoms with Crippen LogP contribution in [0.5, 0.6) is 0 Å². The van der Waals surface area contributed by atoms with E-state index in [1.807, 2.05) is 0 Å². The third-order valence-corrected chi connectivity index (χ3v) is 1.65. The lowest BCUT2D eigenvalue weighted by Gasteiger charge is -2.17. The first kappa shape index (κ1) is 12.8. The Morgan fingerprint density at radius 2 is 1.50 bits per heavy atom. The topological polar surface area (TPSA) is 43.6 Å². The molecule has 1 rings (SSSR count). The van der Waals surface area contributed by atoms with Crippen LogP contribution in [0, 0.1) is 0 Å². The van der Waals surface area contributed by atoms with Crippen LogP contribution in [0.4, 0.5) is 22.0 Å². The van der Waals surface area contributed by atoms with E-state index in [4.69, 9.17) is 0 Å². The first-order valence-electron chi connectivity index (χ1n) is 4.22. The highest BCUT2D eigenvalue weighted by Gasteiger charge is 2.62. The molecule has 16 heavy (non-hydrogen) atoms. The maximum atomic E-state index is 12.8. The molecule has 0 radical (unpaired) electrons. The highest BCUT2D eigenvalue weighted by molar-refractivity contribution is 4.96. The van der Waals surface area contributed by atoms with Crippen molar-refractivity contribution in [3.8, 4) is 0 Å². The molecule has 0 unspecified atom stereocenters. The Balaban J connectivity index is 3.13. The summed E-state index contributed by atoms with van der Waals surface area (Å²) < 4.78 is 61.4. The predicted octanol–water partition coefficient (Wildman–Crippen LogP) is 2.08. The zero-order valence-electron chi connectivity index (χ0n) is 8.68. The third-order valence-electron chi connectivity index (χ3n) is 1.65. The molecule has 0 N–H and O–H groups in total. The molecule has 1 heterocycles. The molecular weight excluding hydrogens is 235 g/mol. The monoisotopic (exact) mass is 244 g/mol. The number of hydrogen-bond acceptors (Lipinski definition) is 3. The number of hydrogen-bond donors (Lipinski definition) is 0. The summed E-state index contributed by atoms with van der Waals surface area (Å²) in [6, 6.07) is 0. The van der Waals surface area contributed by atoms with Crippen LogP contribution < -0.4 is 0 Å². The SMILES string of the molecule is CC(C)(C)n1nnc(C(F)(F)C(F)(F)F)n1. The second-order valence-electron chi connectivity index (χ2n) is 4.15. The van der Waals surface area contributed by atoms with Gasteiger partial charge in [0.25, 0.3) is 5.82 Å². The van der Waals surface area contributed by atoms with Crippen LogP contribution in [-0.4, -0.2) is 26.4 Å². The molecule has 0 aliphatic rings. The van der Waals surface area contributed by atoms with Crippen LogP contribution in [0.15, 0.2) is 0 Å². The standard InChI is InChI=1S/C7H9F5N4/c1-5(2,3)16-14-4(13-15-16)6(8,9)7(10,11)12/h1-3H3. The molecule has 0 bridgehead atoms. The van der Waals surface area contributed by atoms with Crippen molar-refractivity contribution in [2.75, 3.05) is 0 Å². The normalized spacial score (nSPS) is 14.2. The summed E-state index contributed by atoms with van der Waals surface area (Å²) in [5.41, 5.74) is -0.813. The van der Waals surface area contributed by atoms with Crippen molar-refractivity contribution < 1.29 is 22.0 Å². The quantitative estimate of drug-likeness (QED) is 0.710. The number of nitrogens with zero attached hydrogens (tertiary/aromatic N) is 4. The Morgan fingerprint density at radius 3 is 1.81 bits per heavy atom. The maximum absolute atomic E-state index is 12.8. The number of halogens is 5.